The predicted molar refractivity (Wildman–Crippen MR) is 110 cm³/mol. The van der Waals surface area contributed by atoms with Gasteiger partial charge in [-0.1, -0.05) is 38.1 Å². The van der Waals surface area contributed by atoms with Crippen molar-refractivity contribution in [3.63, 3.8) is 0 Å². The molecule has 2 atom stereocenters. The van der Waals surface area contributed by atoms with Crippen molar-refractivity contribution in [3.05, 3.63) is 58.9 Å². The van der Waals surface area contributed by atoms with Crippen LogP contribution >= 0.6 is 0 Å². The number of rotatable bonds is 4. The number of halogens is 1. The molecule has 1 aliphatic carbocycles. The lowest BCUT2D eigenvalue weighted by atomic mass is 9.83. The van der Waals surface area contributed by atoms with Gasteiger partial charge in [0.2, 0.25) is 0 Å². The van der Waals surface area contributed by atoms with E-state index in [0.29, 0.717) is 30.5 Å². The van der Waals surface area contributed by atoms with Crippen molar-refractivity contribution in [1.29, 1.82) is 0 Å². The van der Waals surface area contributed by atoms with Crippen LogP contribution < -0.4 is 15.4 Å². The molecule has 0 bridgehead atoms. The Bertz CT molecular complexity index is 926. The Kier molecular flexibility index (Phi) is 5.21. The van der Waals surface area contributed by atoms with Gasteiger partial charge >= 0.3 is 6.03 Å². The lowest BCUT2D eigenvalue weighted by molar-refractivity contribution is 0.0205. The van der Waals surface area contributed by atoms with Gasteiger partial charge in [0, 0.05) is 24.1 Å². The first kappa shape index (κ1) is 19.7. The fourth-order valence-electron chi connectivity index (χ4n) is 4.52. The first-order valence-electron chi connectivity index (χ1n) is 10.3. The zero-order valence-electron chi connectivity index (χ0n) is 16.8. The highest BCUT2D eigenvalue weighted by molar-refractivity contribution is 5.90. The summed E-state index contributed by atoms with van der Waals surface area (Å²) in [6.45, 7) is 4.04. The Labute approximate surface area is 170 Å². The number of ether oxygens (including phenoxy) is 1. The average molecular weight is 398 g/mol. The molecule has 3 N–H and O–H groups in total. The molecule has 1 aliphatic heterocycles. The number of para-hydroxylation sites is 1. The molecule has 2 aliphatic rings. The highest BCUT2D eigenvalue weighted by Gasteiger charge is 2.40. The van der Waals surface area contributed by atoms with E-state index in [0.717, 1.165) is 24.0 Å². The molecule has 0 spiro atoms. The fourth-order valence-corrected chi connectivity index (χ4v) is 4.52. The number of anilines is 1. The van der Waals surface area contributed by atoms with Crippen molar-refractivity contribution >= 4 is 11.7 Å². The van der Waals surface area contributed by atoms with E-state index in [9.17, 15) is 14.3 Å². The van der Waals surface area contributed by atoms with E-state index in [1.165, 1.54) is 6.07 Å². The van der Waals surface area contributed by atoms with Gasteiger partial charge in [0.1, 0.15) is 5.60 Å². The molecule has 154 valence electrons. The smallest absolute Gasteiger partial charge is 0.319 e. The van der Waals surface area contributed by atoms with Crippen LogP contribution in [0.1, 0.15) is 55.8 Å². The van der Waals surface area contributed by atoms with Crippen LogP contribution in [0.5, 0.6) is 5.75 Å². The summed E-state index contributed by atoms with van der Waals surface area (Å²) in [5, 5.41) is 15.9. The zero-order valence-corrected chi connectivity index (χ0v) is 16.8. The lowest BCUT2D eigenvalue weighted by Gasteiger charge is -2.41. The molecule has 1 heterocycles. The predicted octanol–water partition coefficient (Wildman–Crippen LogP) is 4.49. The van der Waals surface area contributed by atoms with Gasteiger partial charge in [0.25, 0.3) is 0 Å². The molecule has 0 saturated heterocycles. The van der Waals surface area contributed by atoms with Crippen LogP contribution in [0.25, 0.3) is 0 Å². The van der Waals surface area contributed by atoms with E-state index in [4.69, 9.17) is 4.74 Å². The number of carbonyl (C=O) groups excluding carboxylic acids is 1. The summed E-state index contributed by atoms with van der Waals surface area (Å²) in [6, 6.07) is 9.83. The second-order valence-corrected chi connectivity index (χ2v) is 8.01. The maximum atomic E-state index is 14.5. The van der Waals surface area contributed by atoms with Crippen LogP contribution in [0, 0.1) is 5.82 Å². The Morgan fingerprint density at radius 1 is 1.21 bits per heavy atom. The number of amides is 2. The van der Waals surface area contributed by atoms with E-state index < -0.39 is 17.5 Å². The van der Waals surface area contributed by atoms with Crippen LogP contribution in [0.3, 0.4) is 0 Å². The fraction of sp³-hybridized carbons (Fsp3) is 0.435. The minimum absolute atomic E-state index is 0.233. The number of aliphatic hydroxyl groups is 1. The summed E-state index contributed by atoms with van der Waals surface area (Å²) >= 11 is 0. The highest BCUT2D eigenvalue weighted by atomic mass is 19.1. The van der Waals surface area contributed by atoms with E-state index >= 15 is 0 Å². The number of hydrogen-bond acceptors (Lipinski definition) is 3. The average Bonchev–Trinajstić information content (AvgIpc) is 3.10. The second-order valence-electron chi connectivity index (χ2n) is 8.01. The molecule has 6 heteroatoms. The molecule has 0 unspecified atom stereocenters. The number of fused-ring (bicyclic) bond motifs is 2. The van der Waals surface area contributed by atoms with Crippen molar-refractivity contribution < 1.29 is 19.0 Å². The molecule has 29 heavy (non-hydrogen) atoms. The van der Waals surface area contributed by atoms with Gasteiger partial charge in [-0.15, -0.1) is 0 Å². The molecule has 5 nitrogen and oxygen atoms in total. The Morgan fingerprint density at radius 3 is 2.72 bits per heavy atom. The number of urea groups is 1. The number of aliphatic hydroxyl groups excluding tert-OH is 1. The highest BCUT2D eigenvalue weighted by Crippen LogP contribution is 2.44. The van der Waals surface area contributed by atoms with Crippen molar-refractivity contribution in [2.24, 2.45) is 0 Å². The second kappa shape index (κ2) is 7.67. The summed E-state index contributed by atoms with van der Waals surface area (Å²) in [5.41, 5.74) is 2.90. The Balaban J connectivity index is 1.57. The third-order valence-corrected chi connectivity index (χ3v) is 6.28. The minimum atomic E-state index is -0.509. The monoisotopic (exact) mass is 398 g/mol. The van der Waals surface area contributed by atoms with Gasteiger partial charge in [0.05, 0.1) is 12.1 Å². The third-order valence-electron chi connectivity index (χ3n) is 6.28. The Morgan fingerprint density at radius 2 is 1.97 bits per heavy atom. The normalized spacial score (nSPS) is 21.7. The first-order valence-corrected chi connectivity index (χ1v) is 10.3. The van der Waals surface area contributed by atoms with Crippen molar-refractivity contribution in [3.8, 4) is 5.75 Å². The van der Waals surface area contributed by atoms with Crippen molar-refractivity contribution in [1.82, 2.24) is 5.32 Å². The van der Waals surface area contributed by atoms with E-state index in [1.54, 1.807) is 12.1 Å². The largest absolute Gasteiger partial charge is 0.484 e. The maximum absolute atomic E-state index is 14.5. The van der Waals surface area contributed by atoms with Gasteiger partial charge in [-0.2, -0.15) is 0 Å². The van der Waals surface area contributed by atoms with Crippen LogP contribution in [0.2, 0.25) is 0 Å². The number of hydrogen-bond donors (Lipinski definition) is 3. The van der Waals surface area contributed by atoms with Gasteiger partial charge in [0.15, 0.2) is 11.6 Å². The summed E-state index contributed by atoms with van der Waals surface area (Å²) in [5.74, 6) is -0.174. The molecular weight excluding hydrogens is 371 g/mol. The quantitative estimate of drug-likeness (QED) is 0.711. The molecule has 2 amide bonds. The summed E-state index contributed by atoms with van der Waals surface area (Å²) in [6.07, 6.45) is 2.76. The lowest BCUT2D eigenvalue weighted by Crippen LogP contribution is -2.45. The summed E-state index contributed by atoms with van der Waals surface area (Å²) < 4.78 is 20.5. The SMILES string of the molecule is CCC1(CC)C[C@@H](NC(=O)Nc2cccc3c2C[C@H](O)C3)c2cccc(F)c2O1. The van der Waals surface area contributed by atoms with Crippen LogP contribution in [-0.2, 0) is 12.8 Å². The number of nitrogens with one attached hydrogen (secondary N) is 2. The van der Waals surface area contributed by atoms with Crippen molar-refractivity contribution in [2.75, 3.05) is 5.32 Å². The number of carbonyl (C=O) groups is 1. The van der Waals surface area contributed by atoms with E-state index in [-0.39, 0.29) is 17.8 Å². The molecular formula is C23H27FN2O3. The summed E-state index contributed by atoms with van der Waals surface area (Å²) in [7, 11) is 0. The van der Waals surface area contributed by atoms with Gasteiger partial charge in [-0.05, 0) is 42.5 Å². The molecule has 0 radical (unpaired) electrons. The zero-order chi connectivity index (χ0) is 20.6. The maximum Gasteiger partial charge on any atom is 0.319 e. The van der Waals surface area contributed by atoms with Gasteiger partial charge < -0.3 is 20.5 Å². The summed E-state index contributed by atoms with van der Waals surface area (Å²) in [4.78, 5) is 12.8. The molecule has 2 aromatic carbocycles. The van der Waals surface area contributed by atoms with Gasteiger partial charge in [-0.3, -0.25) is 0 Å². The number of benzene rings is 2. The first-order chi connectivity index (χ1) is 13.9. The Hall–Kier alpha value is -2.60. The molecule has 0 aromatic heterocycles. The van der Waals surface area contributed by atoms with Crippen molar-refractivity contribution in [2.45, 2.75) is 63.7 Å². The molecule has 0 fully saturated rings. The van der Waals surface area contributed by atoms with Crippen LogP contribution in [-0.4, -0.2) is 22.8 Å². The van der Waals surface area contributed by atoms with Crippen LogP contribution in [0.15, 0.2) is 36.4 Å². The minimum Gasteiger partial charge on any atom is -0.484 e. The molecule has 4 rings (SSSR count). The molecule has 2 aromatic rings. The van der Waals surface area contributed by atoms with Crippen LogP contribution in [0.4, 0.5) is 14.9 Å². The standard InChI is InChI=1S/C23H27FN2O3/c1-3-23(4-2)13-20(16-8-6-9-18(24)21(16)29-23)26-22(28)25-19-10-5-7-14-11-15(27)12-17(14)19/h5-10,15,20,27H,3-4,11-13H2,1-2H3,(H2,25,26,28)/t15-,20-/m1/s1. The molecule has 0 saturated carbocycles. The van der Waals surface area contributed by atoms with E-state index in [1.807, 2.05) is 32.0 Å². The van der Waals surface area contributed by atoms with E-state index in [2.05, 4.69) is 10.6 Å². The third kappa shape index (κ3) is 3.69. The topological polar surface area (TPSA) is 70.6 Å². The van der Waals surface area contributed by atoms with Gasteiger partial charge in [-0.25, -0.2) is 9.18 Å².